The molecule has 0 aliphatic carbocycles. The molecule has 0 radical (unpaired) electrons. The van der Waals surface area contributed by atoms with E-state index in [0.717, 1.165) is 23.9 Å². The summed E-state index contributed by atoms with van der Waals surface area (Å²) in [6, 6.07) is 4.97. The number of rotatable bonds is 3. The van der Waals surface area contributed by atoms with E-state index in [1.54, 1.807) is 18.2 Å². The van der Waals surface area contributed by atoms with Crippen molar-refractivity contribution in [2.24, 2.45) is 0 Å². The maximum atomic E-state index is 10.7. The van der Waals surface area contributed by atoms with Crippen LogP contribution in [-0.2, 0) is 6.54 Å². The van der Waals surface area contributed by atoms with E-state index in [1.807, 2.05) is 10.9 Å². The molecule has 1 heterocycles. The first-order chi connectivity index (χ1) is 7.20. The Hall–Kier alpha value is -1.84. The summed E-state index contributed by atoms with van der Waals surface area (Å²) < 4.78 is 1.84. The molecule has 15 heavy (non-hydrogen) atoms. The van der Waals surface area contributed by atoms with Gasteiger partial charge in [-0.05, 0) is 24.6 Å². The minimum Gasteiger partial charge on any atom is -0.478 e. The highest BCUT2D eigenvalue weighted by Gasteiger charge is 2.05. The largest absolute Gasteiger partial charge is 0.478 e. The Labute approximate surface area is 87.1 Å². The summed E-state index contributed by atoms with van der Waals surface area (Å²) in [7, 11) is 0. The third-order valence-corrected chi connectivity index (χ3v) is 2.25. The normalized spacial score (nSPS) is 10.7. The van der Waals surface area contributed by atoms with Crippen molar-refractivity contribution in [1.29, 1.82) is 0 Å². The third kappa shape index (κ3) is 1.83. The summed E-state index contributed by atoms with van der Waals surface area (Å²) in [5.74, 6) is -0.903. The van der Waals surface area contributed by atoms with Gasteiger partial charge in [0.05, 0.1) is 11.1 Å². The lowest BCUT2D eigenvalue weighted by atomic mass is 10.2. The van der Waals surface area contributed by atoms with Gasteiger partial charge in [-0.3, -0.25) is 4.68 Å². The number of carboxylic acid groups (broad SMARTS) is 1. The topological polar surface area (TPSA) is 55.1 Å². The number of hydrogen-bond acceptors (Lipinski definition) is 2. The van der Waals surface area contributed by atoms with E-state index in [9.17, 15) is 4.79 Å². The SMILES string of the molecule is CCCn1cc2cc(C(=O)O)ccc2n1. The van der Waals surface area contributed by atoms with Gasteiger partial charge in [-0.25, -0.2) is 4.79 Å². The van der Waals surface area contributed by atoms with Crippen molar-refractivity contribution >= 4 is 16.9 Å². The van der Waals surface area contributed by atoms with Crippen molar-refractivity contribution < 1.29 is 9.90 Å². The molecule has 0 aliphatic rings. The van der Waals surface area contributed by atoms with Crippen LogP contribution in [0.15, 0.2) is 24.4 Å². The van der Waals surface area contributed by atoms with Crippen LogP contribution in [-0.4, -0.2) is 20.9 Å². The number of aromatic carboxylic acids is 1. The highest BCUT2D eigenvalue weighted by atomic mass is 16.4. The lowest BCUT2D eigenvalue weighted by Crippen LogP contribution is -1.95. The van der Waals surface area contributed by atoms with Crippen molar-refractivity contribution in [3.63, 3.8) is 0 Å². The molecule has 2 rings (SSSR count). The fourth-order valence-corrected chi connectivity index (χ4v) is 1.55. The molecule has 1 N–H and O–H groups in total. The molecule has 0 aliphatic heterocycles. The summed E-state index contributed by atoms with van der Waals surface area (Å²) in [5, 5.41) is 14.0. The standard InChI is InChI=1S/C11H12N2O2/c1-2-5-13-7-9-6-8(11(14)15)3-4-10(9)12-13/h3-4,6-7H,2,5H2,1H3,(H,14,15). The van der Waals surface area contributed by atoms with Gasteiger partial charge in [-0.15, -0.1) is 0 Å². The van der Waals surface area contributed by atoms with Crippen molar-refractivity contribution in [3.8, 4) is 0 Å². The van der Waals surface area contributed by atoms with E-state index < -0.39 is 5.97 Å². The lowest BCUT2D eigenvalue weighted by Gasteiger charge is -1.93. The lowest BCUT2D eigenvalue weighted by molar-refractivity contribution is 0.0697. The molecular formula is C11H12N2O2. The van der Waals surface area contributed by atoms with Crippen LogP contribution in [0.25, 0.3) is 10.9 Å². The Kier molecular flexibility index (Phi) is 2.41. The van der Waals surface area contributed by atoms with Gasteiger partial charge < -0.3 is 5.11 Å². The maximum absolute atomic E-state index is 10.7. The molecule has 0 saturated heterocycles. The Morgan fingerprint density at radius 2 is 2.33 bits per heavy atom. The molecule has 4 heteroatoms. The zero-order valence-electron chi connectivity index (χ0n) is 8.47. The number of benzene rings is 1. The van der Waals surface area contributed by atoms with Crippen LogP contribution in [0.4, 0.5) is 0 Å². The van der Waals surface area contributed by atoms with Gasteiger partial charge in [0.2, 0.25) is 0 Å². The molecule has 0 saturated carbocycles. The van der Waals surface area contributed by atoms with Gasteiger partial charge >= 0.3 is 5.97 Å². The predicted octanol–water partition coefficient (Wildman–Crippen LogP) is 2.14. The molecule has 0 fully saturated rings. The molecule has 78 valence electrons. The number of fused-ring (bicyclic) bond motifs is 1. The van der Waals surface area contributed by atoms with Gasteiger partial charge in [-0.1, -0.05) is 6.92 Å². The Bertz CT molecular complexity index is 502. The quantitative estimate of drug-likeness (QED) is 0.833. The molecule has 2 aromatic rings. The van der Waals surface area contributed by atoms with E-state index in [-0.39, 0.29) is 0 Å². The summed E-state index contributed by atoms with van der Waals surface area (Å²) in [6.45, 7) is 2.94. The number of nitrogens with zero attached hydrogens (tertiary/aromatic N) is 2. The molecule has 0 atom stereocenters. The second-order valence-electron chi connectivity index (χ2n) is 3.47. The first-order valence-corrected chi connectivity index (χ1v) is 4.91. The molecule has 1 aromatic heterocycles. The highest BCUT2D eigenvalue weighted by molar-refractivity contribution is 5.93. The second-order valence-corrected chi connectivity index (χ2v) is 3.47. The summed E-state index contributed by atoms with van der Waals surface area (Å²) in [6.07, 6.45) is 2.89. The van der Waals surface area contributed by atoms with Gasteiger partial charge in [0, 0.05) is 18.1 Å². The summed E-state index contributed by atoms with van der Waals surface area (Å²) >= 11 is 0. The van der Waals surface area contributed by atoms with Crippen LogP contribution >= 0.6 is 0 Å². The van der Waals surface area contributed by atoms with Crippen molar-refractivity contribution in [3.05, 3.63) is 30.0 Å². The van der Waals surface area contributed by atoms with E-state index in [4.69, 9.17) is 5.11 Å². The van der Waals surface area contributed by atoms with Crippen molar-refractivity contribution in [2.45, 2.75) is 19.9 Å². The zero-order chi connectivity index (χ0) is 10.8. The maximum Gasteiger partial charge on any atom is 0.335 e. The van der Waals surface area contributed by atoms with Gasteiger partial charge in [0.25, 0.3) is 0 Å². The number of hydrogen-bond donors (Lipinski definition) is 1. The van der Waals surface area contributed by atoms with Crippen LogP contribution in [0.5, 0.6) is 0 Å². The average Bonchev–Trinajstić information content (AvgIpc) is 2.59. The van der Waals surface area contributed by atoms with E-state index in [0.29, 0.717) is 5.56 Å². The Morgan fingerprint density at radius 3 is 3.00 bits per heavy atom. The van der Waals surface area contributed by atoms with E-state index in [1.165, 1.54) is 0 Å². The Morgan fingerprint density at radius 1 is 1.53 bits per heavy atom. The van der Waals surface area contributed by atoms with Crippen LogP contribution in [0, 0.1) is 0 Å². The second kappa shape index (κ2) is 3.73. The molecule has 1 aromatic carbocycles. The minimum absolute atomic E-state index is 0.304. The fraction of sp³-hybridized carbons (Fsp3) is 0.273. The minimum atomic E-state index is -0.903. The van der Waals surface area contributed by atoms with Gasteiger partial charge in [0.1, 0.15) is 0 Å². The Balaban J connectivity index is 2.47. The fourth-order valence-electron chi connectivity index (χ4n) is 1.55. The molecule has 0 bridgehead atoms. The van der Waals surface area contributed by atoms with Gasteiger partial charge in [0.15, 0.2) is 0 Å². The number of carboxylic acids is 1. The van der Waals surface area contributed by atoms with Crippen molar-refractivity contribution in [2.75, 3.05) is 0 Å². The van der Waals surface area contributed by atoms with Crippen LogP contribution in [0.1, 0.15) is 23.7 Å². The van der Waals surface area contributed by atoms with Gasteiger partial charge in [-0.2, -0.15) is 5.10 Å². The average molecular weight is 204 g/mol. The molecule has 0 unspecified atom stereocenters. The highest BCUT2D eigenvalue weighted by Crippen LogP contribution is 2.14. The molecule has 4 nitrogen and oxygen atoms in total. The third-order valence-electron chi connectivity index (χ3n) is 2.25. The zero-order valence-corrected chi connectivity index (χ0v) is 8.47. The first-order valence-electron chi connectivity index (χ1n) is 4.91. The van der Waals surface area contributed by atoms with E-state index in [2.05, 4.69) is 12.0 Å². The number of carbonyl (C=O) groups is 1. The number of aromatic nitrogens is 2. The van der Waals surface area contributed by atoms with E-state index >= 15 is 0 Å². The summed E-state index contributed by atoms with van der Waals surface area (Å²) in [5.41, 5.74) is 1.15. The monoisotopic (exact) mass is 204 g/mol. The van der Waals surface area contributed by atoms with Crippen LogP contribution in [0.2, 0.25) is 0 Å². The summed E-state index contributed by atoms with van der Waals surface area (Å²) in [4.78, 5) is 10.7. The first kappa shape index (κ1) is 9.71. The van der Waals surface area contributed by atoms with Crippen LogP contribution < -0.4 is 0 Å². The van der Waals surface area contributed by atoms with Crippen molar-refractivity contribution in [1.82, 2.24) is 9.78 Å². The molecule has 0 amide bonds. The number of aryl methyl sites for hydroxylation is 1. The van der Waals surface area contributed by atoms with Crippen LogP contribution in [0.3, 0.4) is 0 Å². The molecule has 0 spiro atoms. The molecular weight excluding hydrogens is 192 g/mol. The predicted molar refractivity (Wildman–Crippen MR) is 57.0 cm³/mol. The smallest absolute Gasteiger partial charge is 0.335 e.